The standard InChI is InChI=1S/C13H19N3O2/c1-9-7-16(8-11(9)15(2)3)12-5-4-10(6-14-12)13(17)18/h4-6,9,11H,7-8H2,1-3H3,(H,17,18). The van der Waals surface area contributed by atoms with Crippen molar-refractivity contribution in [2.24, 2.45) is 5.92 Å². The Kier molecular flexibility index (Phi) is 3.52. The van der Waals surface area contributed by atoms with E-state index in [1.165, 1.54) is 6.20 Å². The van der Waals surface area contributed by atoms with Crippen LogP contribution in [-0.4, -0.2) is 54.2 Å². The van der Waals surface area contributed by atoms with Crippen LogP contribution in [-0.2, 0) is 0 Å². The lowest BCUT2D eigenvalue weighted by atomic mass is 10.1. The smallest absolute Gasteiger partial charge is 0.337 e. The Morgan fingerprint density at radius 3 is 2.61 bits per heavy atom. The zero-order chi connectivity index (χ0) is 13.3. The summed E-state index contributed by atoms with van der Waals surface area (Å²) in [6.45, 7) is 4.13. The second-order valence-corrected chi connectivity index (χ2v) is 5.12. The Morgan fingerprint density at radius 1 is 1.44 bits per heavy atom. The van der Waals surface area contributed by atoms with Gasteiger partial charge in [0, 0.05) is 25.3 Å². The highest BCUT2D eigenvalue weighted by Gasteiger charge is 2.31. The molecule has 18 heavy (non-hydrogen) atoms. The first kappa shape index (κ1) is 12.8. The number of carboxylic acid groups (broad SMARTS) is 1. The first-order valence-corrected chi connectivity index (χ1v) is 6.09. The predicted octanol–water partition coefficient (Wildman–Crippen LogP) is 1.17. The summed E-state index contributed by atoms with van der Waals surface area (Å²) in [4.78, 5) is 19.4. The molecule has 5 nitrogen and oxygen atoms in total. The van der Waals surface area contributed by atoms with Crippen LogP contribution in [0, 0.1) is 5.92 Å². The minimum absolute atomic E-state index is 0.232. The molecule has 0 aromatic carbocycles. The lowest BCUT2D eigenvalue weighted by molar-refractivity contribution is 0.0696. The van der Waals surface area contributed by atoms with E-state index in [1.54, 1.807) is 12.1 Å². The molecule has 1 aromatic rings. The number of nitrogens with zero attached hydrogens (tertiary/aromatic N) is 3. The maximum absolute atomic E-state index is 10.8. The average molecular weight is 249 g/mol. The zero-order valence-electron chi connectivity index (χ0n) is 11.0. The molecule has 2 atom stereocenters. The van der Waals surface area contributed by atoms with Gasteiger partial charge in [0.05, 0.1) is 5.56 Å². The van der Waals surface area contributed by atoms with E-state index in [0.29, 0.717) is 12.0 Å². The molecular formula is C13H19N3O2. The van der Waals surface area contributed by atoms with Gasteiger partial charge in [0.2, 0.25) is 0 Å². The van der Waals surface area contributed by atoms with Crippen molar-refractivity contribution in [2.45, 2.75) is 13.0 Å². The normalized spacial score (nSPS) is 23.7. The van der Waals surface area contributed by atoms with E-state index < -0.39 is 5.97 Å². The lowest BCUT2D eigenvalue weighted by Crippen LogP contribution is -2.34. The molecule has 1 N–H and O–H groups in total. The first-order valence-electron chi connectivity index (χ1n) is 6.09. The minimum atomic E-state index is -0.935. The molecular weight excluding hydrogens is 230 g/mol. The van der Waals surface area contributed by atoms with Crippen LogP contribution in [0.15, 0.2) is 18.3 Å². The quantitative estimate of drug-likeness (QED) is 0.871. The predicted molar refractivity (Wildman–Crippen MR) is 70.0 cm³/mol. The van der Waals surface area contributed by atoms with Gasteiger partial charge >= 0.3 is 5.97 Å². The number of pyridine rings is 1. The van der Waals surface area contributed by atoms with Crippen LogP contribution in [0.1, 0.15) is 17.3 Å². The van der Waals surface area contributed by atoms with Gasteiger partial charge in [-0.15, -0.1) is 0 Å². The fraction of sp³-hybridized carbons (Fsp3) is 0.538. The summed E-state index contributed by atoms with van der Waals surface area (Å²) < 4.78 is 0. The van der Waals surface area contributed by atoms with Crippen LogP contribution in [0.25, 0.3) is 0 Å². The monoisotopic (exact) mass is 249 g/mol. The third-order valence-electron chi connectivity index (χ3n) is 3.55. The van der Waals surface area contributed by atoms with Gasteiger partial charge in [-0.05, 0) is 32.1 Å². The van der Waals surface area contributed by atoms with Gasteiger partial charge < -0.3 is 14.9 Å². The van der Waals surface area contributed by atoms with Gasteiger partial charge in [0.1, 0.15) is 5.82 Å². The lowest BCUT2D eigenvalue weighted by Gasteiger charge is -2.22. The molecule has 2 heterocycles. The van der Waals surface area contributed by atoms with Gasteiger partial charge in [0.25, 0.3) is 0 Å². The van der Waals surface area contributed by atoms with Crippen molar-refractivity contribution in [3.05, 3.63) is 23.9 Å². The van der Waals surface area contributed by atoms with Crippen molar-refractivity contribution in [1.29, 1.82) is 0 Å². The molecule has 0 aliphatic carbocycles. The third kappa shape index (κ3) is 2.46. The SMILES string of the molecule is CC1CN(c2ccc(C(=O)O)cn2)CC1N(C)C. The van der Waals surface area contributed by atoms with Gasteiger partial charge in [-0.2, -0.15) is 0 Å². The Bertz CT molecular complexity index is 430. The number of aromatic carboxylic acids is 1. The molecule has 0 radical (unpaired) electrons. The molecule has 1 aliphatic heterocycles. The summed E-state index contributed by atoms with van der Waals surface area (Å²) in [5.41, 5.74) is 0.232. The highest BCUT2D eigenvalue weighted by Crippen LogP contribution is 2.24. The number of hydrogen-bond donors (Lipinski definition) is 1. The van der Waals surface area contributed by atoms with E-state index in [1.807, 2.05) is 0 Å². The maximum Gasteiger partial charge on any atom is 0.337 e. The second kappa shape index (κ2) is 4.94. The van der Waals surface area contributed by atoms with Crippen molar-refractivity contribution in [3.63, 3.8) is 0 Å². The van der Waals surface area contributed by atoms with Crippen molar-refractivity contribution >= 4 is 11.8 Å². The summed E-state index contributed by atoms with van der Waals surface area (Å²) in [5, 5.41) is 8.84. The molecule has 0 saturated carbocycles. The topological polar surface area (TPSA) is 56.7 Å². The summed E-state index contributed by atoms with van der Waals surface area (Å²) in [7, 11) is 4.18. The molecule has 1 saturated heterocycles. The van der Waals surface area contributed by atoms with E-state index in [2.05, 4.69) is 35.8 Å². The Labute approximate surface area is 107 Å². The summed E-state index contributed by atoms with van der Waals surface area (Å²) in [6, 6.07) is 3.91. The molecule has 98 valence electrons. The van der Waals surface area contributed by atoms with Crippen LogP contribution in [0.2, 0.25) is 0 Å². The number of carboxylic acids is 1. The van der Waals surface area contributed by atoms with Gasteiger partial charge in [0.15, 0.2) is 0 Å². The summed E-state index contributed by atoms with van der Waals surface area (Å²) >= 11 is 0. The molecule has 1 aromatic heterocycles. The highest BCUT2D eigenvalue weighted by atomic mass is 16.4. The van der Waals surface area contributed by atoms with Crippen LogP contribution in [0.5, 0.6) is 0 Å². The molecule has 1 aliphatic rings. The van der Waals surface area contributed by atoms with E-state index in [-0.39, 0.29) is 5.56 Å². The Hall–Kier alpha value is -1.62. The number of anilines is 1. The van der Waals surface area contributed by atoms with Gasteiger partial charge in [-0.1, -0.05) is 6.92 Å². The van der Waals surface area contributed by atoms with Crippen molar-refractivity contribution in [2.75, 3.05) is 32.1 Å². The number of hydrogen-bond acceptors (Lipinski definition) is 4. The van der Waals surface area contributed by atoms with E-state index in [9.17, 15) is 4.79 Å². The maximum atomic E-state index is 10.8. The molecule has 2 rings (SSSR count). The Balaban J connectivity index is 2.11. The third-order valence-corrected chi connectivity index (χ3v) is 3.55. The van der Waals surface area contributed by atoms with Gasteiger partial charge in [-0.3, -0.25) is 0 Å². The van der Waals surface area contributed by atoms with Crippen molar-refractivity contribution in [1.82, 2.24) is 9.88 Å². The number of aromatic nitrogens is 1. The van der Waals surface area contributed by atoms with Crippen LogP contribution in [0.3, 0.4) is 0 Å². The zero-order valence-corrected chi connectivity index (χ0v) is 11.0. The number of carbonyl (C=O) groups is 1. The van der Waals surface area contributed by atoms with Crippen LogP contribution >= 0.6 is 0 Å². The highest BCUT2D eigenvalue weighted by molar-refractivity contribution is 5.87. The molecule has 5 heteroatoms. The number of likely N-dealkylation sites (N-methyl/N-ethyl adjacent to an activating group) is 1. The summed E-state index contributed by atoms with van der Waals surface area (Å²) in [6.07, 6.45) is 1.42. The molecule has 0 amide bonds. The Morgan fingerprint density at radius 2 is 2.17 bits per heavy atom. The molecule has 2 unspecified atom stereocenters. The largest absolute Gasteiger partial charge is 0.478 e. The van der Waals surface area contributed by atoms with Gasteiger partial charge in [-0.25, -0.2) is 9.78 Å². The van der Waals surface area contributed by atoms with Crippen molar-refractivity contribution < 1.29 is 9.90 Å². The minimum Gasteiger partial charge on any atom is -0.478 e. The van der Waals surface area contributed by atoms with E-state index in [0.717, 1.165) is 18.9 Å². The van der Waals surface area contributed by atoms with E-state index in [4.69, 9.17) is 5.11 Å². The molecule has 0 bridgehead atoms. The van der Waals surface area contributed by atoms with Crippen LogP contribution < -0.4 is 4.90 Å². The molecule has 1 fully saturated rings. The fourth-order valence-corrected chi connectivity index (χ4v) is 2.51. The van der Waals surface area contributed by atoms with Crippen LogP contribution in [0.4, 0.5) is 5.82 Å². The first-order chi connectivity index (χ1) is 8.49. The molecule has 0 spiro atoms. The van der Waals surface area contributed by atoms with E-state index >= 15 is 0 Å². The fourth-order valence-electron chi connectivity index (χ4n) is 2.51. The van der Waals surface area contributed by atoms with Crippen molar-refractivity contribution in [3.8, 4) is 0 Å². The number of rotatable bonds is 3. The average Bonchev–Trinajstić information content (AvgIpc) is 2.71. The summed E-state index contributed by atoms with van der Waals surface area (Å²) in [5.74, 6) is 0.507. The second-order valence-electron chi connectivity index (χ2n) is 5.12.